The number of likely N-dealkylation sites (N-methyl/N-ethyl adjacent to an activating group) is 1. The zero-order chi connectivity index (χ0) is 9.78. The van der Waals surface area contributed by atoms with Crippen LogP contribution in [-0.4, -0.2) is 32.7 Å². The lowest BCUT2D eigenvalue weighted by molar-refractivity contribution is -0.0395. The Hall–Kier alpha value is -0.220. The van der Waals surface area contributed by atoms with Crippen LogP contribution in [0.1, 0.15) is 13.8 Å². The van der Waals surface area contributed by atoms with E-state index in [2.05, 4.69) is 5.32 Å². The van der Waals surface area contributed by atoms with Crippen molar-refractivity contribution in [2.24, 2.45) is 5.92 Å². The molecule has 0 spiro atoms. The van der Waals surface area contributed by atoms with E-state index >= 15 is 0 Å². The van der Waals surface area contributed by atoms with Crippen LogP contribution in [0, 0.1) is 5.92 Å². The third-order valence-electron chi connectivity index (χ3n) is 2.27. The van der Waals surface area contributed by atoms with Crippen LogP contribution in [0.4, 0.5) is 8.78 Å². The first kappa shape index (κ1) is 11.8. The molecule has 0 aromatic heterocycles. The SMILES string of the molecule is CNC(COC)(C(C)C)C(F)F. The van der Waals surface area contributed by atoms with Crippen molar-refractivity contribution in [2.45, 2.75) is 25.8 Å². The average molecular weight is 181 g/mol. The Labute approximate surface area is 72.3 Å². The van der Waals surface area contributed by atoms with Gasteiger partial charge in [-0.05, 0) is 13.0 Å². The number of halogens is 2. The number of nitrogens with one attached hydrogen (secondary N) is 1. The van der Waals surface area contributed by atoms with Crippen LogP contribution in [0.5, 0.6) is 0 Å². The lowest BCUT2D eigenvalue weighted by Gasteiger charge is -2.35. The number of alkyl halides is 2. The minimum atomic E-state index is -2.41. The van der Waals surface area contributed by atoms with E-state index in [1.54, 1.807) is 13.8 Å². The summed E-state index contributed by atoms with van der Waals surface area (Å²) in [6, 6.07) is 0. The molecule has 1 atom stereocenters. The number of methoxy groups -OCH3 is 1. The van der Waals surface area contributed by atoms with E-state index in [1.165, 1.54) is 14.2 Å². The summed E-state index contributed by atoms with van der Waals surface area (Å²) in [5, 5.41) is 2.64. The zero-order valence-electron chi connectivity index (χ0n) is 8.03. The minimum Gasteiger partial charge on any atom is -0.383 e. The third kappa shape index (κ3) is 2.14. The summed E-state index contributed by atoms with van der Waals surface area (Å²) < 4.78 is 30.1. The van der Waals surface area contributed by atoms with Crippen LogP contribution in [0.15, 0.2) is 0 Å². The van der Waals surface area contributed by atoms with Crippen molar-refractivity contribution in [3.8, 4) is 0 Å². The van der Waals surface area contributed by atoms with E-state index < -0.39 is 12.0 Å². The van der Waals surface area contributed by atoms with Crippen molar-refractivity contribution >= 4 is 0 Å². The number of rotatable bonds is 5. The van der Waals surface area contributed by atoms with Gasteiger partial charge in [0.1, 0.15) is 5.54 Å². The highest BCUT2D eigenvalue weighted by Gasteiger charge is 2.41. The van der Waals surface area contributed by atoms with Gasteiger partial charge in [0, 0.05) is 7.11 Å². The first-order chi connectivity index (χ1) is 5.51. The van der Waals surface area contributed by atoms with Gasteiger partial charge in [-0.2, -0.15) is 0 Å². The first-order valence-corrected chi connectivity index (χ1v) is 3.97. The van der Waals surface area contributed by atoms with Gasteiger partial charge in [0.2, 0.25) is 0 Å². The van der Waals surface area contributed by atoms with Crippen LogP contribution in [0.25, 0.3) is 0 Å². The molecule has 2 nitrogen and oxygen atoms in total. The molecule has 0 fully saturated rings. The molecule has 0 saturated heterocycles. The van der Waals surface area contributed by atoms with E-state index in [0.717, 1.165) is 0 Å². The standard InChI is InChI=1S/C8H17F2NO/c1-6(2)8(11-3,5-12-4)7(9)10/h6-7,11H,5H2,1-4H3. The van der Waals surface area contributed by atoms with E-state index in [1.807, 2.05) is 0 Å². The molecule has 0 bridgehead atoms. The lowest BCUT2D eigenvalue weighted by atomic mass is 9.88. The van der Waals surface area contributed by atoms with Crippen molar-refractivity contribution < 1.29 is 13.5 Å². The molecule has 0 saturated carbocycles. The summed E-state index contributed by atoms with van der Waals surface area (Å²) in [5.74, 6) is -0.164. The van der Waals surface area contributed by atoms with E-state index in [0.29, 0.717) is 0 Å². The Morgan fingerprint density at radius 1 is 1.42 bits per heavy atom. The molecule has 0 amide bonds. The van der Waals surface area contributed by atoms with Crippen molar-refractivity contribution in [3.63, 3.8) is 0 Å². The Morgan fingerprint density at radius 2 is 1.92 bits per heavy atom. The van der Waals surface area contributed by atoms with Crippen LogP contribution < -0.4 is 5.32 Å². The maximum atomic E-state index is 12.6. The van der Waals surface area contributed by atoms with Crippen molar-refractivity contribution in [1.29, 1.82) is 0 Å². The molecule has 74 valence electrons. The predicted octanol–water partition coefficient (Wildman–Crippen LogP) is 1.51. The van der Waals surface area contributed by atoms with Gasteiger partial charge in [-0.3, -0.25) is 0 Å². The summed E-state index contributed by atoms with van der Waals surface area (Å²) in [4.78, 5) is 0. The van der Waals surface area contributed by atoms with E-state index in [-0.39, 0.29) is 12.5 Å². The number of ether oxygens (including phenoxy) is 1. The molecule has 1 N–H and O–H groups in total. The normalized spacial score (nSPS) is 17.0. The Morgan fingerprint density at radius 3 is 2.00 bits per heavy atom. The Kier molecular flexibility index (Phi) is 4.63. The van der Waals surface area contributed by atoms with Gasteiger partial charge in [0.05, 0.1) is 6.61 Å². The van der Waals surface area contributed by atoms with Crippen molar-refractivity contribution in [1.82, 2.24) is 5.32 Å². The third-order valence-corrected chi connectivity index (χ3v) is 2.27. The van der Waals surface area contributed by atoms with Gasteiger partial charge in [-0.1, -0.05) is 13.8 Å². The minimum absolute atomic E-state index is 0.0266. The molecule has 0 heterocycles. The molecular weight excluding hydrogens is 164 g/mol. The molecule has 0 aliphatic heterocycles. The molecule has 0 aromatic carbocycles. The van der Waals surface area contributed by atoms with Gasteiger partial charge in [-0.25, -0.2) is 8.78 Å². The van der Waals surface area contributed by atoms with Crippen LogP contribution in [-0.2, 0) is 4.74 Å². The summed E-state index contributed by atoms with van der Waals surface area (Å²) in [5.41, 5.74) is -1.21. The van der Waals surface area contributed by atoms with Gasteiger partial charge in [0.15, 0.2) is 0 Å². The molecule has 0 rings (SSSR count). The quantitative estimate of drug-likeness (QED) is 0.694. The topological polar surface area (TPSA) is 21.3 Å². The second kappa shape index (κ2) is 4.72. The molecule has 0 radical (unpaired) electrons. The van der Waals surface area contributed by atoms with E-state index in [9.17, 15) is 8.78 Å². The highest BCUT2D eigenvalue weighted by atomic mass is 19.3. The van der Waals surface area contributed by atoms with Gasteiger partial charge in [0.25, 0.3) is 6.43 Å². The number of hydrogen-bond donors (Lipinski definition) is 1. The average Bonchev–Trinajstić information content (AvgIpc) is 1.98. The molecular formula is C8H17F2NO. The summed E-state index contributed by atoms with van der Waals surface area (Å²) in [6.07, 6.45) is -2.41. The highest BCUT2D eigenvalue weighted by Crippen LogP contribution is 2.24. The molecule has 12 heavy (non-hydrogen) atoms. The fourth-order valence-electron chi connectivity index (χ4n) is 1.19. The maximum absolute atomic E-state index is 12.6. The lowest BCUT2D eigenvalue weighted by Crippen LogP contribution is -2.57. The molecule has 0 aromatic rings. The van der Waals surface area contributed by atoms with Crippen LogP contribution in [0.3, 0.4) is 0 Å². The van der Waals surface area contributed by atoms with Crippen molar-refractivity contribution in [2.75, 3.05) is 20.8 Å². The fourth-order valence-corrected chi connectivity index (χ4v) is 1.19. The van der Waals surface area contributed by atoms with Gasteiger partial charge in [-0.15, -0.1) is 0 Å². The second-order valence-electron chi connectivity index (χ2n) is 3.18. The van der Waals surface area contributed by atoms with Crippen LogP contribution in [0.2, 0.25) is 0 Å². The number of hydrogen-bond acceptors (Lipinski definition) is 2. The Bertz CT molecular complexity index is 120. The molecule has 0 aliphatic carbocycles. The molecule has 4 heteroatoms. The van der Waals surface area contributed by atoms with Crippen LogP contribution >= 0.6 is 0 Å². The monoisotopic (exact) mass is 181 g/mol. The van der Waals surface area contributed by atoms with Gasteiger partial charge >= 0.3 is 0 Å². The van der Waals surface area contributed by atoms with E-state index in [4.69, 9.17) is 4.74 Å². The maximum Gasteiger partial charge on any atom is 0.258 e. The smallest absolute Gasteiger partial charge is 0.258 e. The highest BCUT2D eigenvalue weighted by molar-refractivity contribution is 4.92. The second-order valence-corrected chi connectivity index (χ2v) is 3.18. The Balaban J connectivity index is 4.51. The first-order valence-electron chi connectivity index (χ1n) is 3.97. The van der Waals surface area contributed by atoms with Crippen molar-refractivity contribution in [3.05, 3.63) is 0 Å². The summed E-state index contributed by atoms with van der Waals surface area (Å²) in [6.45, 7) is 3.53. The molecule has 0 aliphatic rings. The van der Waals surface area contributed by atoms with Gasteiger partial charge < -0.3 is 10.1 Å². The fraction of sp³-hybridized carbons (Fsp3) is 1.00. The largest absolute Gasteiger partial charge is 0.383 e. The summed E-state index contributed by atoms with van der Waals surface area (Å²) in [7, 11) is 2.96. The predicted molar refractivity (Wildman–Crippen MR) is 44.5 cm³/mol. The zero-order valence-corrected chi connectivity index (χ0v) is 8.03. The molecule has 1 unspecified atom stereocenters. The summed E-state index contributed by atoms with van der Waals surface area (Å²) >= 11 is 0.